The van der Waals surface area contributed by atoms with Crippen LogP contribution in [0.2, 0.25) is 0 Å². The SMILES string of the molecule is COc1ccc(SCCC(=O)N(CCN2CCOCC2)c2nc3ccc(S(C)(=O)=O)cc3s2)cc1. The van der Waals surface area contributed by atoms with Crippen LogP contribution in [0.1, 0.15) is 6.42 Å². The molecule has 1 aliphatic rings. The number of ether oxygens (including phenoxy) is 2. The Morgan fingerprint density at radius 2 is 1.94 bits per heavy atom. The molecule has 11 heteroatoms. The zero-order valence-corrected chi connectivity index (χ0v) is 22.3. The fraction of sp³-hybridized carbons (Fsp3) is 0.417. The summed E-state index contributed by atoms with van der Waals surface area (Å²) in [7, 11) is -1.68. The molecule has 1 saturated heterocycles. The summed E-state index contributed by atoms with van der Waals surface area (Å²) in [6.45, 7) is 4.32. The Bertz CT molecular complexity index is 1260. The van der Waals surface area contributed by atoms with Crippen LogP contribution in [-0.2, 0) is 19.4 Å². The molecule has 2 aromatic carbocycles. The van der Waals surface area contributed by atoms with E-state index in [2.05, 4.69) is 9.88 Å². The van der Waals surface area contributed by atoms with Crippen molar-refractivity contribution in [1.29, 1.82) is 0 Å². The molecule has 0 spiro atoms. The Kier molecular flexibility index (Phi) is 8.66. The van der Waals surface area contributed by atoms with Crippen LogP contribution in [0.15, 0.2) is 52.3 Å². The van der Waals surface area contributed by atoms with Gasteiger partial charge in [-0.25, -0.2) is 13.4 Å². The molecule has 1 aliphatic heterocycles. The zero-order chi connectivity index (χ0) is 24.8. The highest BCUT2D eigenvalue weighted by molar-refractivity contribution is 7.99. The van der Waals surface area contributed by atoms with Gasteiger partial charge in [-0.1, -0.05) is 11.3 Å². The van der Waals surface area contributed by atoms with Gasteiger partial charge >= 0.3 is 0 Å². The largest absolute Gasteiger partial charge is 0.497 e. The van der Waals surface area contributed by atoms with Crippen LogP contribution in [0.25, 0.3) is 10.2 Å². The number of anilines is 1. The van der Waals surface area contributed by atoms with Gasteiger partial charge < -0.3 is 9.47 Å². The number of hydrogen-bond donors (Lipinski definition) is 0. The molecule has 8 nitrogen and oxygen atoms in total. The van der Waals surface area contributed by atoms with Gasteiger partial charge in [0, 0.05) is 49.5 Å². The van der Waals surface area contributed by atoms with E-state index in [0.29, 0.717) is 42.6 Å². The standard InChI is InChI=1S/C24H29N3O5S3/c1-31-18-3-5-19(6-4-18)33-16-9-23(28)27(11-10-26-12-14-32-15-13-26)24-25-21-8-7-20(35(2,29)30)17-22(21)34-24/h3-8,17H,9-16H2,1-2H3. The van der Waals surface area contributed by atoms with Gasteiger partial charge in [0.15, 0.2) is 15.0 Å². The van der Waals surface area contributed by atoms with Crippen molar-refractivity contribution < 1.29 is 22.7 Å². The lowest BCUT2D eigenvalue weighted by atomic mass is 10.3. The average molecular weight is 536 g/mol. The van der Waals surface area contributed by atoms with Crippen molar-refractivity contribution in [2.75, 3.05) is 63.4 Å². The Morgan fingerprint density at radius 3 is 2.63 bits per heavy atom. The van der Waals surface area contributed by atoms with E-state index in [9.17, 15) is 13.2 Å². The monoisotopic (exact) mass is 535 g/mol. The van der Waals surface area contributed by atoms with Gasteiger partial charge in [-0.3, -0.25) is 14.6 Å². The fourth-order valence-electron chi connectivity index (χ4n) is 3.70. The number of thiazole rings is 1. The summed E-state index contributed by atoms with van der Waals surface area (Å²) in [5, 5.41) is 0.596. The van der Waals surface area contributed by atoms with Crippen molar-refractivity contribution in [2.24, 2.45) is 0 Å². The molecule has 3 aromatic rings. The van der Waals surface area contributed by atoms with E-state index in [-0.39, 0.29) is 10.8 Å². The second kappa shape index (κ2) is 11.7. The number of aromatic nitrogens is 1. The van der Waals surface area contributed by atoms with E-state index in [1.54, 1.807) is 42.0 Å². The van der Waals surface area contributed by atoms with Crippen molar-refractivity contribution in [3.8, 4) is 5.75 Å². The third-order valence-electron chi connectivity index (χ3n) is 5.70. The van der Waals surface area contributed by atoms with Crippen LogP contribution in [0.3, 0.4) is 0 Å². The number of methoxy groups -OCH3 is 1. The molecule has 4 rings (SSSR count). The first kappa shape index (κ1) is 25.9. The summed E-state index contributed by atoms with van der Waals surface area (Å²) in [6.07, 6.45) is 1.55. The minimum Gasteiger partial charge on any atom is -0.497 e. The Balaban J connectivity index is 1.48. The molecule has 0 bridgehead atoms. The summed E-state index contributed by atoms with van der Waals surface area (Å²) in [4.78, 5) is 23.4. The smallest absolute Gasteiger partial charge is 0.229 e. The lowest BCUT2D eigenvalue weighted by Crippen LogP contribution is -2.43. The van der Waals surface area contributed by atoms with Gasteiger partial charge in [0.2, 0.25) is 5.91 Å². The quantitative estimate of drug-likeness (QED) is 0.364. The van der Waals surface area contributed by atoms with Crippen LogP contribution in [0.4, 0.5) is 5.13 Å². The molecular weight excluding hydrogens is 506 g/mol. The maximum atomic E-state index is 13.3. The molecule has 1 aromatic heterocycles. The Labute approximate surface area is 214 Å². The maximum Gasteiger partial charge on any atom is 0.229 e. The van der Waals surface area contributed by atoms with Gasteiger partial charge in [-0.2, -0.15) is 0 Å². The average Bonchev–Trinajstić information content (AvgIpc) is 3.28. The molecule has 0 saturated carbocycles. The summed E-state index contributed by atoms with van der Waals surface area (Å²) >= 11 is 2.97. The van der Waals surface area contributed by atoms with Crippen molar-refractivity contribution in [1.82, 2.24) is 9.88 Å². The molecule has 0 atom stereocenters. The molecule has 1 amide bonds. The van der Waals surface area contributed by atoms with Crippen molar-refractivity contribution >= 4 is 54.2 Å². The van der Waals surface area contributed by atoms with Crippen LogP contribution in [0, 0.1) is 0 Å². The van der Waals surface area contributed by atoms with E-state index < -0.39 is 9.84 Å². The first-order chi connectivity index (χ1) is 16.8. The first-order valence-electron chi connectivity index (χ1n) is 11.3. The predicted molar refractivity (Wildman–Crippen MR) is 141 cm³/mol. The van der Waals surface area contributed by atoms with Crippen LogP contribution in [0.5, 0.6) is 5.75 Å². The minimum atomic E-state index is -3.32. The maximum absolute atomic E-state index is 13.3. The van der Waals surface area contributed by atoms with Crippen LogP contribution >= 0.6 is 23.1 Å². The normalized spacial score (nSPS) is 14.8. The minimum absolute atomic E-state index is 0.00154. The molecule has 0 radical (unpaired) electrons. The van der Waals surface area contributed by atoms with Crippen molar-refractivity contribution in [3.05, 3.63) is 42.5 Å². The van der Waals surface area contributed by atoms with Gasteiger partial charge in [0.1, 0.15) is 5.75 Å². The molecule has 0 aliphatic carbocycles. The fourth-order valence-corrected chi connectivity index (χ4v) is 6.31. The third kappa shape index (κ3) is 6.95. The topological polar surface area (TPSA) is 89.0 Å². The summed E-state index contributed by atoms with van der Waals surface area (Å²) in [6, 6.07) is 12.7. The Morgan fingerprint density at radius 1 is 1.20 bits per heavy atom. The molecule has 0 unspecified atom stereocenters. The lowest BCUT2D eigenvalue weighted by molar-refractivity contribution is -0.118. The predicted octanol–water partition coefficient (Wildman–Crippen LogP) is 3.56. The highest BCUT2D eigenvalue weighted by Crippen LogP contribution is 2.31. The summed E-state index contributed by atoms with van der Waals surface area (Å²) in [5.41, 5.74) is 0.689. The lowest BCUT2D eigenvalue weighted by Gasteiger charge is -2.29. The van der Waals surface area contributed by atoms with Gasteiger partial charge in [-0.05, 0) is 42.5 Å². The second-order valence-electron chi connectivity index (χ2n) is 8.17. The summed E-state index contributed by atoms with van der Waals surface area (Å²) < 4.78 is 35.3. The number of nitrogens with zero attached hydrogens (tertiary/aromatic N) is 3. The van der Waals surface area contributed by atoms with E-state index >= 15 is 0 Å². The first-order valence-corrected chi connectivity index (χ1v) is 15.0. The number of hydrogen-bond acceptors (Lipinski definition) is 9. The van der Waals surface area contributed by atoms with Crippen LogP contribution < -0.4 is 9.64 Å². The van der Waals surface area contributed by atoms with E-state index in [1.807, 2.05) is 24.3 Å². The van der Waals surface area contributed by atoms with Crippen molar-refractivity contribution in [2.45, 2.75) is 16.2 Å². The second-order valence-corrected chi connectivity index (χ2v) is 12.4. The van der Waals surface area contributed by atoms with Gasteiger partial charge in [0.05, 0.1) is 35.4 Å². The molecule has 0 N–H and O–H groups in total. The van der Waals surface area contributed by atoms with Gasteiger partial charge in [0.25, 0.3) is 0 Å². The molecular formula is C24H29N3O5S3. The number of thioether (sulfide) groups is 1. The van der Waals surface area contributed by atoms with E-state index in [0.717, 1.165) is 35.0 Å². The number of rotatable bonds is 10. The third-order valence-corrected chi connectivity index (χ3v) is 8.86. The number of morpholine rings is 1. The number of fused-ring (bicyclic) bond motifs is 1. The summed E-state index contributed by atoms with van der Waals surface area (Å²) in [5.74, 6) is 1.44. The number of sulfone groups is 1. The zero-order valence-electron chi connectivity index (χ0n) is 19.8. The van der Waals surface area contributed by atoms with E-state index in [4.69, 9.17) is 9.47 Å². The molecule has 188 valence electrons. The highest BCUT2D eigenvalue weighted by atomic mass is 32.2. The molecule has 2 heterocycles. The van der Waals surface area contributed by atoms with E-state index in [1.165, 1.54) is 17.6 Å². The number of benzene rings is 2. The molecule has 1 fully saturated rings. The van der Waals surface area contributed by atoms with Crippen LogP contribution in [-0.4, -0.2) is 82.7 Å². The Hall–Kier alpha value is -2.18. The number of carbonyl (C=O) groups excluding carboxylic acids is 1. The number of amides is 1. The highest BCUT2D eigenvalue weighted by Gasteiger charge is 2.22. The molecule has 35 heavy (non-hydrogen) atoms. The number of carbonyl (C=O) groups is 1. The van der Waals surface area contributed by atoms with Crippen molar-refractivity contribution in [3.63, 3.8) is 0 Å². The van der Waals surface area contributed by atoms with Gasteiger partial charge in [-0.15, -0.1) is 11.8 Å².